The summed E-state index contributed by atoms with van der Waals surface area (Å²) >= 11 is 0. The Kier molecular flexibility index (Phi) is 4.03. The van der Waals surface area contributed by atoms with Crippen molar-refractivity contribution in [3.63, 3.8) is 0 Å². The van der Waals surface area contributed by atoms with E-state index in [1.54, 1.807) is 4.68 Å². The molecule has 2 rings (SSSR count). The molecule has 0 spiro atoms. The predicted molar refractivity (Wildman–Crippen MR) is 79.7 cm³/mol. The van der Waals surface area contributed by atoms with Gasteiger partial charge in [-0.15, -0.1) is 0 Å². The molecule has 20 heavy (non-hydrogen) atoms. The van der Waals surface area contributed by atoms with E-state index >= 15 is 0 Å². The Morgan fingerprint density at radius 2 is 1.85 bits per heavy atom. The molecule has 0 fully saturated rings. The van der Waals surface area contributed by atoms with E-state index in [1.165, 1.54) is 13.0 Å². The molecule has 0 aliphatic carbocycles. The number of nitrogens with zero attached hydrogens (tertiary/aromatic N) is 1. The third-order valence-corrected chi connectivity index (χ3v) is 3.03. The SMILES string of the molecule is CC(=O)/C=c1\c(=C(C)C)c(=O)[nH]n1Cc1ccccc1. The van der Waals surface area contributed by atoms with Crippen molar-refractivity contribution < 1.29 is 4.79 Å². The van der Waals surface area contributed by atoms with Crippen molar-refractivity contribution in [2.75, 3.05) is 0 Å². The van der Waals surface area contributed by atoms with Crippen LogP contribution in [-0.4, -0.2) is 15.6 Å². The summed E-state index contributed by atoms with van der Waals surface area (Å²) in [5.41, 5.74) is 1.80. The number of H-pyrrole nitrogens is 1. The van der Waals surface area contributed by atoms with Gasteiger partial charge >= 0.3 is 0 Å². The zero-order chi connectivity index (χ0) is 14.7. The van der Waals surface area contributed by atoms with Crippen LogP contribution in [0.25, 0.3) is 11.6 Å². The van der Waals surface area contributed by atoms with Gasteiger partial charge in [0.1, 0.15) is 0 Å². The molecule has 1 aromatic carbocycles. The molecule has 0 radical (unpaired) electrons. The van der Waals surface area contributed by atoms with E-state index in [-0.39, 0.29) is 11.3 Å². The van der Waals surface area contributed by atoms with Gasteiger partial charge < -0.3 is 0 Å². The number of hydrogen-bond donors (Lipinski definition) is 1. The summed E-state index contributed by atoms with van der Waals surface area (Å²) in [5.74, 6) is -0.0756. The molecule has 0 saturated carbocycles. The molecule has 4 nitrogen and oxygen atoms in total. The molecular weight excluding hydrogens is 252 g/mol. The van der Waals surface area contributed by atoms with E-state index in [0.29, 0.717) is 17.1 Å². The molecule has 104 valence electrons. The zero-order valence-corrected chi connectivity index (χ0v) is 11.9. The second kappa shape index (κ2) is 5.74. The van der Waals surface area contributed by atoms with E-state index in [2.05, 4.69) is 5.10 Å². The second-order valence-corrected chi connectivity index (χ2v) is 5.03. The molecule has 0 unspecified atom stereocenters. The number of hydrogen-bond acceptors (Lipinski definition) is 2. The number of carbonyl (C=O) groups excluding carboxylic acids is 1. The van der Waals surface area contributed by atoms with Crippen molar-refractivity contribution in [2.45, 2.75) is 27.3 Å². The van der Waals surface area contributed by atoms with Gasteiger partial charge in [0.15, 0.2) is 5.78 Å². The van der Waals surface area contributed by atoms with Crippen LogP contribution in [0.2, 0.25) is 0 Å². The molecule has 0 saturated heterocycles. The highest BCUT2D eigenvalue weighted by molar-refractivity contribution is 6.03. The summed E-state index contributed by atoms with van der Waals surface area (Å²) in [6.07, 6.45) is 1.50. The van der Waals surface area contributed by atoms with Crippen LogP contribution < -0.4 is 16.1 Å². The lowest BCUT2D eigenvalue weighted by atomic mass is 10.2. The fourth-order valence-electron chi connectivity index (χ4n) is 2.21. The predicted octanol–water partition coefficient (Wildman–Crippen LogP) is 0.785. The van der Waals surface area contributed by atoms with Gasteiger partial charge in [-0.05, 0) is 26.3 Å². The third kappa shape index (κ3) is 2.96. The van der Waals surface area contributed by atoms with Crippen LogP contribution in [0.1, 0.15) is 26.3 Å². The summed E-state index contributed by atoms with van der Waals surface area (Å²) in [6.45, 7) is 5.76. The highest BCUT2D eigenvalue weighted by atomic mass is 16.1. The van der Waals surface area contributed by atoms with Gasteiger partial charge in [-0.2, -0.15) is 0 Å². The minimum atomic E-state index is -0.159. The Labute approximate surface area is 117 Å². The number of aromatic nitrogens is 2. The van der Waals surface area contributed by atoms with Crippen LogP contribution in [-0.2, 0) is 11.3 Å². The van der Waals surface area contributed by atoms with E-state index in [0.717, 1.165) is 11.1 Å². The molecule has 1 N–H and O–H groups in total. The standard InChI is InChI=1S/C16H18N2O2/c1-11(2)15-14(9-12(3)19)18(17-16(15)20)10-13-7-5-4-6-8-13/h4-9H,10H2,1-3H3,(H,17,20)/b14-9+. The summed E-state index contributed by atoms with van der Waals surface area (Å²) in [6, 6.07) is 9.81. The van der Waals surface area contributed by atoms with Gasteiger partial charge in [-0.1, -0.05) is 35.9 Å². The Morgan fingerprint density at radius 1 is 1.20 bits per heavy atom. The molecule has 0 amide bonds. The number of aromatic amines is 1. The molecule has 4 heteroatoms. The van der Waals surface area contributed by atoms with Crippen LogP contribution in [0.3, 0.4) is 0 Å². The molecule has 0 atom stereocenters. The van der Waals surface area contributed by atoms with Crippen LogP contribution in [0.5, 0.6) is 0 Å². The summed E-state index contributed by atoms with van der Waals surface area (Å²) in [7, 11) is 0. The number of ketones is 1. The number of Topliss-reactive ketones (excluding diaryl/α,β-unsaturated/α-hetero) is 1. The van der Waals surface area contributed by atoms with Gasteiger partial charge in [0.2, 0.25) is 0 Å². The molecule has 0 aliphatic rings. The fraction of sp³-hybridized carbons (Fsp3) is 0.250. The van der Waals surface area contributed by atoms with Gasteiger partial charge in [0, 0.05) is 6.08 Å². The average molecular weight is 270 g/mol. The van der Waals surface area contributed by atoms with Crippen LogP contribution in [0.15, 0.2) is 35.1 Å². The highest BCUT2D eigenvalue weighted by Crippen LogP contribution is 1.98. The average Bonchev–Trinajstić information content (AvgIpc) is 2.66. The highest BCUT2D eigenvalue weighted by Gasteiger charge is 2.05. The maximum atomic E-state index is 12.0. The van der Waals surface area contributed by atoms with Crippen LogP contribution in [0, 0.1) is 0 Å². The first kappa shape index (κ1) is 14.1. The number of rotatable bonds is 3. The molecule has 1 heterocycles. The number of benzene rings is 1. The lowest BCUT2D eigenvalue weighted by molar-refractivity contribution is -0.111. The van der Waals surface area contributed by atoms with Crippen molar-refractivity contribution >= 4 is 17.4 Å². The van der Waals surface area contributed by atoms with Gasteiger partial charge in [0.25, 0.3) is 5.56 Å². The third-order valence-electron chi connectivity index (χ3n) is 3.03. The first-order chi connectivity index (χ1) is 9.49. The van der Waals surface area contributed by atoms with Gasteiger partial charge in [-0.3, -0.25) is 19.4 Å². The van der Waals surface area contributed by atoms with E-state index in [1.807, 2.05) is 44.2 Å². The van der Waals surface area contributed by atoms with Crippen molar-refractivity contribution in [2.24, 2.45) is 0 Å². The lowest BCUT2D eigenvalue weighted by Gasteiger charge is -2.03. The Morgan fingerprint density at radius 3 is 2.40 bits per heavy atom. The monoisotopic (exact) mass is 270 g/mol. The molecular formula is C16H18N2O2. The summed E-state index contributed by atoms with van der Waals surface area (Å²) in [4.78, 5) is 23.5. The Bertz CT molecular complexity index is 791. The van der Waals surface area contributed by atoms with Crippen LogP contribution in [0.4, 0.5) is 0 Å². The summed E-state index contributed by atoms with van der Waals surface area (Å²) < 4.78 is 1.72. The number of carbonyl (C=O) groups is 1. The first-order valence-corrected chi connectivity index (χ1v) is 6.51. The van der Waals surface area contributed by atoms with Crippen molar-refractivity contribution in [1.82, 2.24) is 9.78 Å². The molecule has 0 bridgehead atoms. The summed E-state index contributed by atoms with van der Waals surface area (Å²) in [5, 5.41) is 4.03. The minimum absolute atomic E-state index is 0.0756. The fourth-order valence-corrected chi connectivity index (χ4v) is 2.21. The molecule has 0 aliphatic heterocycles. The second-order valence-electron chi connectivity index (χ2n) is 5.03. The van der Waals surface area contributed by atoms with Crippen molar-refractivity contribution in [1.29, 1.82) is 0 Å². The largest absolute Gasteiger partial charge is 0.295 e. The lowest BCUT2D eigenvalue weighted by Crippen LogP contribution is -2.37. The normalized spacial score (nSPS) is 11.7. The quantitative estimate of drug-likeness (QED) is 0.896. The maximum Gasteiger partial charge on any atom is 0.271 e. The topological polar surface area (TPSA) is 54.9 Å². The maximum absolute atomic E-state index is 12.0. The van der Waals surface area contributed by atoms with E-state index < -0.39 is 0 Å². The minimum Gasteiger partial charge on any atom is -0.295 e. The van der Waals surface area contributed by atoms with Crippen molar-refractivity contribution in [3.8, 4) is 0 Å². The van der Waals surface area contributed by atoms with Gasteiger partial charge in [0.05, 0.1) is 17.1 Å². The Hall–Kier alpha value is -2.36. The Balaban J connectivity index is 2.67. The van der Waals surface area contributed by atoms with Crippen LogP contribution >= 0.6 is 0 Å². The van der Waals surface area contributed by atoms with Gasteiger partial charge in [-0.25, -0.2) is 0 Å². The smallest absolute Gasteiger partial charge is 0.271 e. The molecule has 1 aromatic heterocycles. The van der Waals surface area contributed by atoms with E-state index in [4.69, 9.17) is 0 Å². The first-order valence-electron chi connectivity index (χ1n) is 6.51. The van der Waals surface area contributed by atoms with Crippen molar-refractivity contribution in [3.05, 3.63) is 56.8 Å². The molecule has 2 aromatic rings. The number of nitrogens with one attached hydrogen (secondary N) is 1. The zero-order valence-electron chi connectivity index (χ0n) is 11.9. The van der Waals surface area contributed by atoms with E-state index in [9.17, 15) is 9.59 Å².